The molecule has 2 unspecified atom stereocenters. The Balaban J connectivity index is 1.93. The lowest BCUT2D eigenvalue weighted by Gasteiger charge is -2.16. The van der Waals surface area contributed by atoms with E-state index in [9.17, 15) is 9.90 Å². The maximum absolute atomic E-state index is 11.9. The number of aromatic hydroxyl groups is 1. The van der Waals surface area contributed by atoms with Gasteiger partial charge in [0.05, 0.1) is 5.02 Å². The van der Waals surface area contributed by atoms with Crippen molar-refractivity contribution in [3.63, 3.8) is 0 Å². The molecular weight excluding hydrogens is 250 g/mol. The van der Waals surface area contributed by atoms with Gasteiger partial charge >= 0.3 is 0 Å². The number of phenolic OH excluding ortho intramolecular Hbond substituents is 1. The van der Waals surface area contributed by atoms with Crippen LogP contribution >= 0.6 is 11.6 Å². The van der Waals surface area contributed by atoms with Crippen LogP contribution in [0.1, 0.15) is 36.5 Å². The zero-order valence-electron chi connectivity index (χ0n) is 10.4. The van der Waals surface area contributed by atoms with E-state index in [0.717, 1.165) is 6.54 Å². The number of phenols is 1. The number of halogens is 1. The van der Waals surface area contributed by atoms with Crippen LogP contribution in [0.5, 0.6) is 5.75 Å². The van der Waals surface area contributed by atoms with E-state index < -0.39 is 0 Å². The molecule has 0 aromatic heterocycles. The van der Waals surface area contributed by atoms with Crippen molar-refractivity contribution in [2.24, 2.45) is 11.8 Å². The second kappa shape index (κ2) is 5.61. The largest absolute Gasteiger partial charge is 0.506 e. The Morgan fingerprint density at radius 2 is 2.28 bits per heavy atom. The van der Waals surface area contributed by atoms with Crippen molar-refractivity contribution in [1.29, 1.82) is 0 Å². The Hall–Kier alpha value is -1.22. The summed E-state index contributed by atoms with van der Waals surface area (Å²) in [6.45, 7) is 2.96. The molecule has 98 valence electrons. The van der Waals surface area contributed by atoms with Crippen LogP contribution in [0.4, 0.5) is 0 Å². The van der Waals surface area contributed by atoms with E-state index in [4.69, 9.17) is 11.6 Å². The van der Waals surface area contributed by atoms with Crippen LogP contribution in [0.3, 0.4) is 0 Å². The number of rotatable bonds is 3. The van der Waals surface area contributed by atoms with Crippen LogP contribution in [0.25, 0.3) is 0 Å². The summed E-state index contributed by atoms with van der Waals surface area (Å²) in [5.74, 6) is 1.14. The van der Waals surface area contributed by atoms with E-state index in [0.29, 0.717) is 17.4 Å². The van der Waals surface area contributed by atoms with Gasteiger partial charge in [0, 0.05) is 12.1 Å². The smallest absolute Gasteiger partial charge is 0.251 e. The third-order valence-electron chi connectivity index (χ3n) is 3.77. The van der Waals surface area contributed by atoms with Crippen molar-refractivity contribution in [1.82, 2.24) is 5.32 Å². The Kier molecular flexibility index (Phi) is 4.12. The van der Waals surface area contributed by atoms with E-state index >= 15 is 0 Å². The van der Waals surface area contributed by atoms with Crippen LogP contribution in [0, 0.1) is 11.8 Å². The van der Waals surface area contributed by atoms with Crippen molar-refractivity contribution < 1.29 is 9.90 Å². The highest BCUT2D eigenvalue weighted by atomic mass is 35.5. The molecule has 2 N–H and O–H groups in total. The minimum atomic E-state index is -0.129. The zero-order chi connectivity index (χ0) is 13.1. The summed E-state index contributed by atoms with van der Waals surface area (Å²) in [4.78, 5) is 11.9. The van der Waals surface area contributed by atoms with Crippen molar-refractivity contribution in [3.8, 4) is 5.75 Å². The second-order valence-corrected chi connectivity index (χ2v) is 5.45. The average molecular weight is 268 g/mol. The number of benzene rings is 1. The molecule has 0 spiro atoms. The van der Waals surface area contributed by atoms with E-state index in [1.165, 1.54) is 31.4 Å². The SMILES string of the molecule is CC1CCCC1CNC(=O)c1ccc(O)c(Cl)c1. The molecule has 1 aliphatic rings. The lowest BCUT2D eigenvalue weighted by atomic mass is 9.98. The fourth-order valence-corrected chi connectivity index (χ4v) is 2.68. The van der Waals surface area contributed by atoms with Crippen LogP contribution in [0.15, 0.2) is 18.2 Å². The molecule has 1 aliphatic carbocycles. The maximum atomic E-state index is 11.9. The minimum Gasteiger partial charge on any atom is -0.506 e. The molecule has 0 heterocycles. The molecular formula is C14H18ClNO2. The molecule has 1 aromatic carbocycles. The van der Waals surface area contributed by atoms with Gasteiger partial charge in [0.2, 0.25) is 0 Å². The van der Waals surface area contributed by atoms with Crippen LogP contribution in [0.2, 0.25) is 5.02 Å². The predicted octanol–water partition coefficient (Wildman–Crippen LogP) is 3.21. The van der Waals surface area contributed by atoms with Gasteiger partial charge in [-0.25, -0.2) is 0 Å². The number of carbonyl (C=O) groups is 1. The molecule has 2 atom stereocenters. The lowest BCUT2D eigenvalue weighted by Crippen LogP contribution is -2.30. The normalized spacial score (nSPS) is 23.0. The number of hydrogen-bond donors (Lipinski definition) is 2. The van der Waals surface area contributed by atoms with Crippen molar-refractivity contribution in [2.75, 3.05) is 6.54 Å². The van der Waals surface area contributed by atoms with Gasteiger partial charge in [0.15, 0.2) is 0 Å². The van der Waals surface area contributed by atoms with Crippen LogP contribution in [-0.4, -0.2) is 17.6 Å². The molecule has 4 heteroatoms. The Morgan fingerprint density at radius 1 is 1.50 bits per heavy atom. The van der Waals surface area contributed by atoms with Crippen LogP contribution < -0.4 is 5.32 Å². The monoisotopic (exact) mass is 267 g/mol. The molecule has 1 aromatic rings. The van der Waals surface area contributed by atoms with Crippen LogP contribution in [-0.2, 0) is 0 Å². The Labute approximate surface area is 112 Å². The number of hydrogen-bond acceptors (Lipinski definition) is 2. The zero-order valence-corrected chi connectivity index (χ0v) is 11.2. The van der Waals surface area contributed by atoms with E-state index in [-0.39, 0.29) is 16.7 Å². The Morgan fingerprint density at radius 3 is 2.89 bits per heavy atom. The van der Waals surface area contributed by atoms with E-state index in [2.05, 4.69) is 12.2 Å². The molecule has 1 saturated carbocycles. The van der Waals surface area contributed by atoms with Gasteiger partial charge in [-0.15, -0.1) is 0 Å². The standard InChI is InChI=1S/C14H18ClNO2/c1-9-3-2-4-11(9)8-16-14(18)10-5-6-13(17)12(15)7-10/h5-7,9,11,17H,2-4,8H2,1H3,(H,16,18). The average Bonchev–Trinajstić information content (AvgIpc) is 2.75. The number of nitrogens with one attached hydrogen (secondary N) is 1. The maximum Gasteiger partial charge on any atom is 0.251 e. The first kappa shape index (κ1) is 13.2. The Bertz CT molecular complexity index is 447. The summed E-state index contributed by atoms with van der Waals surface area (Å²) in [6, 6.07) is 4.51. The fourth-order valence-electron chi connectivity index (χ4n) is 2.50. The van der Waals surface area contributed by atoms with Gasteiger partial charge in [-0.1, -0.05) is 31.4 Å². The molecule has 1 amide bonds. The number of carbonyl (C=O) groups excluding carboxylic acids is 1. The van der Waals surface area contributed by atoms with Gasteiger partial charge in [-0.2, -0.15) is 0 Å². The molecule has 1 fully saturated rings. The van der Waals surface area contributed by atoms with Crippen molar-refractivity contribution in [2.45, 2.75) is 26.2 Å². The molecule has 0 radical (unpaired) electrons. The first-order valence-electron chi connectivity index (χ1n) is 6.34. The highest BCUT2D eigenvalue weighted by molar-refractivity contribution is 6.32. The lowest BCUT2D eigenvalue weighted by molar-refractivity contribution is 0.0944. The first-order chi connectivity index (χ1) is 8.58. The molecule has 2 rings (SSSR count). The summed E-state index contributed by atoms with van der Waals surface area (Å²) in [6.07, 6.45) is 3.70. The third-order valence-corrected chi connectivity index (χ3v) is 4.08. The molecule has 0 bridgehead atoms. The second-order valence-electron chi connectivity index (χ2n) is 5.04. The summed E-state index contributed by atoms with van der Waals surface area (Å²) in [7, 11) is 0. The highest BCUT2D eigenvalue weighted by Crippen LogP contribution is 2.30. The number of amides is 1. The summed E-state index contributed by atoms with van der Waals surface area (Å²) >= 11 is 5.78. The molecule has 0 saturated heterocycles. The topological polar surface area (TPSA) is 49.3 Å². The molecule has 0 aliphatic heterocycles. The van der Waals surface area contributed by atoms with Gasteiger partial charge in [-0.05, 0) is 36.5 Å². The highest BCUT2D eigenvalue weighted by Gasteiger charge is 2.23. The predicted molar refractivity (Wildman–Crippen MR) is 72.0 cm³/mol. The molecule has 18 heavy (non-hydrogen) atoms. The van der Waals surface area contributed by atoms with Crippen molar-refractivity contribution >= 4 is 17.5 Å². The van der Waals surface area contributed by atoms with Crippen molar-refractivity contribution in [3.05, 3.63) is 28.8 Å². The first-order valence-corrected chi connectivity index (χ1v) is 6.72. The van der Waals surface area contributed by atoms with E-state index in [1.807, 2.05) is 0 Å². The van der Waals surface area contributed by atoms with Gasteiger partial charge < -0.3 is 10.4 Å². The van der Waals surface area contributed by atoms with Gasteiger partial charge in [0.25, 0.3) is 5.91 Å². The van der Waals surface area contributed by atoms with Gasteiger partial charge in [0.1, 0.15) is 5.75 Å². The van der Waals surface area contributed by atoms with Gasteiger partial charge in [-0.3, -0.25) is 4.79 Å². The summed E-state index contributed by atoms with van der Waals surface area (Å²) < 4.78 is 0. The quantitative estimate of drug-likeness (QED) is 0.883. The summed E-state index contributed by atoms with van der Waals surface area (Å²) in [5.41, 5.74) is 0.489. The fraction of sp³-hybridized carbons (Fsp3) is 0.500. The van der Waals surface area contributed by atoms with E-state index in [1.54, 1.807) is 6.07 Å². The third kappa shape index (κ3) is 2.96. The molecule has 3 nitrogen and oxygen atoms in total. The minimum absolute atomic E-state index is 0.00219. The summed E-state index contributed by atoms with van der Waals surface area (Å²) in [5, 5.41) is 12.4.